The topological polar surface area (TPSA) is 63.1 Å². The number of amides is 2. The molecule has 0 aliphatic heterocycles. The SMILES string of the molecule is CCNC(=O)CNC(=O)c1cc(C)n(C(C)c2ccccc2)c1C. The van der Waals surface area contributed by atoms with Gasteiger partial charge in [-0.25, -0.2) is 0 Å². The van der Waals surface area contributed by atoms with Crippen LogP contribution in [0.5, 0.6) is 0 Å². The quantitative estimate of drug-likeness (QED) is 0.856. The van der Waals surface area contributed by atoms with Crippen LogP contribution in [0.2, 0.25) is 0 Å². The standard InChI is InChI=1S/C19H25N3O2/c1-5-20-18(23)12-21-19(24)17-11-13(2)22(15(17)4)14(3)16-9-7-6-8-10-16/h6-11,14H,5,12H2,1-4H3,(H,20,23)(H,21,24). The van der Waals surface area contributed by atoms with Crippen molar-refractivity contribution in [2.45, 2.75) is 33.7 Å². The van der Waals surface area contributed by atoms with Gasteiger partial charge in [0, 0.05) is 17.9 Å². The van der Waals surface area contributed by atoms with Crippen molar-refractivity contribution < 1.29 is 9.59 Å². The maximum absolute atomic E-state index is 12.4. The molecule has 0 radical (unpaired) electrons. The summed E-state index contributed by atoms with van der Waals surface area (Å²) in [5, 5.41) is 5.34. The minimum absolute atomic E-state index is 0.00935. The molecule has 0 spiro atoms. The average Bonchev–Trinajstić information content (AvgIpc) is 2.88. The number of carbonyl (C=O) groups is 2. The van der Waals surface area contributed by atoms with E-state index in [1.54, 1.807) is 0 Å². The molecule has 24 heavy (non-hydrogen) atoms. The van der Waals surface area contributed by atoms with Crippen LogP contribution in [0.1, 0.15) is 47.2 Å². The first kappa shape index (κ1) is 17.8. The predicted molar refractivity (Wildman–Crippen MR) is 95.2 cm³/mol. The van der Waals surface area contributed by atoms with Crippen LogP contribution in [-0.4, -0.2) is 29.5 Å². The summed E-state index contributed by atoms with van der Waals surface area (Å²) in [6.07, 6.45) is 0. The minimum atomic E-state index is -0.221. The number of nitrogens with one attached hydrogen (secondary N) is 2. The molecule has 0 aliphatic carbocycles. The van der Waals surface area contributed by atoms with Gasteiger partial charge in [-0.3, -0.25) is 9.59 Å². The van der Waals surface area contributed by atoms with Crippen LogP contribution in [0.3, 0.4) is 0 Å². The Hall–Kier alpha value is -2.56. The van der Waals surface area contributed by atoms with E-state index in [-0.39, 0.29) is 24.4 Å². The van der Waals surface area contributed by atoms with Gasteiger partial charge in [-0.15, -0.1) is 0 Å². The number of aromatic nitrogens is 1. The Morgan fingerprint density at radius 2 is 1.79 bits per heavy atom. The molecule has 0 saturated carbocycles. The largest absolute Gasteiger partial charge is 0.355 e. The molecule has 0 saturated heterocycles. The fourth-order valence-electron chi connectivity index (χ4n) is 3.00. The van der Waals surface area contributed by atoms with Crippen LogP contribution < -0.4 is 10.6 Å². The summed E-state index contributed by atoms with van der Waals surface area (Å²) in [7, 11) is 0. The Kier molecular flexibility index (Phi) is 5.79. The molecule has 5 nitrogen and oxygen atoms in total. The second-order valence-electron chi connectivity index (χ2n) is 5.88. The lowest BCUT2D eigenvalue weighted by atomic mass is 10.1. The molecule has 1 heterocycles. The molecule has 1 aromatic carbocycles. The number of hydrogen-bond donors (Lipinski definition) is 2. The van der Waals surface area contributed by atoms with Crippen LogP contribution >= 0.6 is 0 Å². The fourth-order valence-corrected chi connectivity index (χ4v) is 3.00. The first-order valence-corrected chi connectivity index (χ1v) is 8.24. The highest BCUT2D eigenvalue weighted by atomic mass is 16.2. The molecule has 1 unspecified atom stereocenters. The Labute approximate surface area is 143 Å². The lowest BCUT2D eigenvalue weighted by Crippen LogP contribution is -2.36. The van der Waals surface area contributed by atoms with Crippen molar-refractivity contribution in [2.75, 3.05) is 13.1 Å². The molecule has 1 aromatic heterocycles. The second-order valence-corrected chi connectivity index (χ2v) is 5.88. The molecule has 2 N–H and O–H groups in total. The smallest absolute Gasteiger partial charge is 0.253 e. The number of aryl methyl sites for hydroxylation is 1. The van der Waals surface area contributed by atoms with E-state index in [4.69, 9.17) is 0 Å². The molecule has 2 rings (SSSR count). The molecule has 0 bridgehead atoms. The van der Waals surface area contributed by atoms with Gasteiger partial charge in [-0.05, 0) is 39.3 Å². The van der Waals surface area contributed by atoms with Gasteiger partial charge in [0.2, 0.25) is 5.91 Å². The third-order valence-electron chi connectivity index (χ3n) is 4.18. The van der Waals surface area contributed by atoms with Gasteiger partial charge >= 0.3 is 0 Å². The number of carbonyl (C=O) groups excluding carboxylic acids is 2. The number of hydrogen-bond acceptors (Lipinski definition) is 2. The molecular formula is C19H25N3O2. The maximum Gasteiger partial charge on any atom is 0.253 e. The first-order valence-electron chi connectivity index (χ1n) is 8.24. The summed E-state index contributed by atoms with van der Waals surface area (Å²) in [5.74, 6) is -0.404. The van der Waals surface area contributed by atoms with Gasteiger partial charge in [-0.2, -0.15) is 0 Å². The van der Waals surface area contributed by atoms with Gasteiger partial charge in [0.15, 0.2) is 0 Å². The Morgan fingerprint density at radius 3 is 2.42 bits per heavy atom. The van der Waals surface area contributed by atoms with Crippen molar-refractivity contribution in [3.8, 4) is 0 Å². The normalized spacial score (nSPS) is 11.8. The van der Waals surface area contributed by atoms with Crippen molar-refractivity contribution in [2.24, 2.45) is 0 Å². The number of benzene rings is 1. The van der Waals surface area contributed by atoms with E-state index in [0.29, 0.717) is 12.1 Å². The van der Waals surface area contributed by atoms with Crippen LogP contribution in [0, 0.1) is 13.8 Å². The number of likely N-dealkylation sites (N-methyl/N-ethyl adjacent to an activating group) is 1. The zero-order valence-electron chi connectivity index (χ0n) is 14.7. The summed E-state index contributed by atoms with van der Waals surface area (Å²) in [5.41, 5.74) is 3.72. The van der Waals surface area contributed by atoms with E-state index >= 15 is 0 Å². The molecule has 2 aromatic rings. The molecule has 1 atom stereocenters. The Bertz CT molecular complexity index is 720. The zero-order chi connectivity index (χ0) is 17.7. The third kappa shape index (κ3) is 3.85. The van der Waals surface area contributed by atoms with Gasteiger partial charge < -0.3 is 15.2 Å². The molecule has 0 aliphatic rings. The van der Waals surface area contributed by atoms with Crippen molar-refractivity contribution >= 4 is 11.8 Å². The zero-order valence-corrected chi connectivity index (χ0v) is 14.7. The molecule has 2 amide bonds. The van der Waals surface area contributed by atoms with Crippen molar-refractivity contribution in [1.82, 2.24) is 15.2 Å². The highest BCUT2D eigenvalue weighted by Crippen LogP contribution is 2.25. The Morgan fingerprint density at radius 1 is 1.12 bits per heavy atom. The summed E-state index contributed by atoms with van der Waals surface area (Å²) >= 11 is 0. The van der Waals surface area contributed by atoms with E-state index in [1.165, 1.54) is 5.56 Å². The van der Waals surface area contributed by atoms with Crippen molar-refractivity contribution in [3.63, 3.8) is 0 Å². The average molecular weight is 327 g/mol. The molecular weight excluding hydrogens is 302 g/mol. The maximum atomic E-state index is 12.4. The van der Waals surface area contributed by atoms with Crippen LogP contribution in [0.4, 0.5) is 0 Å². The summed E-state index contributed by atoms with van der Waals surface area (Å²) in [6.45, 7) is 8.44. The number of nitrogens with zero attached hydrogens (tertiary/aromatic N) is 1. The van der Waals surface area contributed by atoms with Crippen LogP contribution in [-0.2, 0) is 4.79 Å². The third-order valence-corrected chi connectivity index (χ3v) is 4.18. The highest BCUT2D eigenvalue weighted by Gasteiger charge is 2.19. The first-order chi connectivity index (χ1) is 11.5. The monoisotopic (exact) mass is 327 g/mol. The predicted octanol–water partition coefficient (Wildman–Crippen LogP) is 2.58. The van der Waals surface area contributed by atoms with Crippen LogP contribution in [0.25, 0.3) is 0 Å². The lowest BCUT2D eigenvalue weighted by molar-refractivity contribution is -0.120. The van der Waals surface area contributed by atoms with Crippen LogP contribution in [0.15, 0.2) is 36.4 Å². The Balaban J connectivity index is 2.19. The fraction of sp³-hybridized carbons (Fsp3) is 0.368. The summed E-state index contributed by atoms with van der Waals surface area (Å²) < 4.78 is 2.15. The number of rotatable bonds is 6. The van der Waals surface area contributed by atoms with Crippen molar-refractivity contribution in [1.29, 1.82) is 0 Å². The van der Waals surface area contributed by atoms with Gasteiger partial charge in [0.05, 0.1) is 18.2 Å². The van der Waals surface area contributed by atoms with E-state index in [1.807, 2.05) is 45.0 Å². The summed E-state index contributed by atoms with van der Waals surface area (Å²) in [6, 6.07) is 12.2. The van der Waals surface area contributed by atoms with Gasteiger partial charge in [0.1, 0.15) is 0 Å². The lowest BCUT2D eigenvalue weighted by Gasteiger charge is -2.19. The van der Waals surface area contributed by atoms with E-state index in [9.17, 15) is 9.59 Å². The van der Waals surface area contributed by atoms with Crippen molar-refractivity contribution in [3.05, 3.63) is 58.9 Å². The summed E-state index contributed by atoms with van der Waals surface area (Å²) in [4.78, 5) is 23.9. The van der Waals surface area contributed by atoms with Gasteiger partial charge in [-0.1, -0.05) is 30.3 Å². The van der Waals surface area contributed by atoms with E-state index in [0.717, 1.165) is 11.4 Å². The molecule has 128 valence electrons. The minimum Gasteiger partial charge on any atom is -0.355 e. The molecule has 0 fully saturated rings. The van der Waals surface area contributed by atoms with Gasteiger partial charge in [0.25, 0.3) is 5.91 Å². The van der Waals surface area contributed by atoms with E-state index in [2.05, 4.69) is 34.3 Å². The highest BCUT2D eigenvalue weighted by molar-refractivity contribution is 5.97. The molecule has 5 heteroatoms. The second kappa shape index (κ2) is 7.81. The van der Waals surface area contributed by atoms with E-state index < -0.39 is 0 Å².